The number of sulfonamides is 1. The maximum absolute atomic E-state index is 13.0. The zero-order chi connectivity index (χ0) is 21.1. The number of aromatic nitrogens is 2. The van der Waals surface area contributed by atoms with Gasteiger partial charge in [0, 0.05) is 29.5 Å². The highest BCUT2D eigenvalue weighted by atomic mass is 32.2. The first kappa shape index (κ1) is 19.5. The van der Waals surface area contributed by atoms with E-state index in [2.05, 4.69) is 20.0 Å². The van der Waals surface area contributed by atoms with E-state index < -0.39 is 15.9 Å². The van der Waals surface area contributed by atoms with Crippen LogP contribution in [0.3, 0.4) is 0 Å². The predicted octanol–water partition coefficient (Wildman–Crippen LogP) is 3.62. The average Bonchev–Trinajstić information content (AvgIpc) is 3.19. The van der Waals surface area contributed by atoms with Gasteiger partial charge in [0.15, 0.2) is 0 Å². The lowest BCUT2D eigenvalue weighted by molar-refractivity contribution is 0.102. The lowest BCUT2D eigenvalue weighted by atomic mass is 10.1. The van der Waals surface area contributed by atoms with Crippen molar-refractivity contribution in [3.8, 4) is 5.75 Å². The van der Waals surface area contributed by atoms with Gasteiger partial charge in [0.25, 0.3) is 15.9 Å². The third-order valence-corrected chi connectivity index (χ3v) is 5.85. The van der Waals surface area contributed by atoms with Gasteiger partial charge in [0.2, 0.25) is 0 Å². The Balaban J connectivity index is 1.64. The van der Waals surface area contributed by atoms with Crippen LogP contribution in [-0.4, -0.2) is 31.4 Å². The van der Waals surface area contributed by atoms with Gasteiger partial charge in [-0.15, -0.1) is 0 Å². The standard InChI is InChI=1S/C21H18N4O4S/c1-29-15-7-4-6-14(12-15)24-21(26)16-8-2-3-10-18(16)25-30(27,28)19-13-23-20-17(19)9-5-11-22-20/h2-13,25H,1H3,(H,22,23)(H,24,26). The van der Waals surface area contributed by atoms with E-state index in [1.165, 1.54) is 19.4 Å². The van der Waals surface area contributed by atoms with E-state index in [1.54, 1.807) is 60.8 Å². The molecule has 0 aliphatic heterocycles. The zero-order valence-electron chi connectivity index (χ0n) is 15.9. The van der Waals surface area contributed by atoms with Crippen LogP contribution in [0.1, 0.15) is 10.4 Å². The number of nitrogens with one attached hydrogen (secondary N) is 3. The van der Waals surface area contributed by atoms with E-state index in [-0.39, 0.29) is 16.1 Å². The quantitative estimate of drug-likeness (QED) is 0.439. The number of carbonyl (C=O) groups excluding carboxylic acids is 1. The van der Waals surface area contributed by atoms with Gasteiger partial charge in [-0.2, -0.15) is 0 Å². The smallest absolute Gasteiger partial charge is 0.264 e. The topological polar surface area (TPSA) is 113 Å². The van der Waals surface area contributed by atoms with Crippen LogP contribution in [0.5, 0.6) is 5.75 Å². The summed E-state index contributed by atoms with van der Waals surface area (Å²) in [6.45, 7) is 0. The number of amides is 1. The summed E-state index contributed by atoms with van der Waals surface area (Å²) in [4.78, 5) is 19.8. The molecule has 0 saturated carbocycles. The van der Waals surface area contributed by atoms with E-state index in [0.29, 0.717) is 22.5 Å². The normalized spacial score (nSPS) is 11.2. The van der Waals surface area contributed by atoms with Crippen molar-refractivity contribution in [2.24, 2.45) is 0 Å². The molecule has 3 N–H and O–H groups in total. The minimum absolute atomic E-state index is 0.0496. The third-order valence-electron chi connectivity index (χ3n) is 4.45. The Labute approximate surface area is 173 Å². The fraction of sp³-hybridized carbons (Fsp3) is 0.0476. The number of ether oxygens (including phenoxy) is 1. The average molecular weight is 422 g/mol. The second-order valence-electron chi connectivity index (χ2n) is 6.39. The van der Waals surface area contributed by atoms with Gasteiger partial charge in [-0.1, -0.05) is 18.2 Å². The molecule has 4 rings (SSSR count). The highest BCUT2D eigenvalue weighted by Crippen LogP contribution is 2.26. The van der Waals surface area contributed by atoms with Crippen LogP contribution in [0.25, 0.3) is 11.0 Å². The number of aromatic amines is 1. The molecule has 30 heavy (non-hydrogen) atoms. The number of carbonyl (C=O) groups is 1. The van der Waals surface area contributed by atoms with Crippen LogP contribution in [0.4, 0.5) is 11.4 Å². The summed E-state index contributed by atoms with van der Waals surface area (Å²) in [5.74, 6) is 0.136. The fourth-order valence-corrected chi connectivity index (χ4v) is 4.27. The van der Waals surface area contributed by atoms with Gasteiger partial charge in [-0.25, -0.2) is 13.4 Å². The van der Waals surface area contributed by atoms with Crippen LogP contribution in [0.15, 0.2) is 78.0 Å². The first-order valence-corrected chi connectivity index (χ1v) is 10.5. The monoisotopic (exact) mass is 422 g/mol. The van der Waals surface area contributed by atoms with Crippen LogP contribution >= 0.6 is 0 Å². The largest absolute Gasteiger partial charge is 0.497 e. The second kappa shape index (κ2) is 7.88. The number of hydrogen-bond donors (Lipinski definition) is 3. The van der Waals surface area contributed by atoms with Crippen molar-refractivity contribution in [1.29, 1.82) is 0 Å². The molecule has 0 aliphatic rings. The van der Waals surface area contributed by atoms with Gasteiger partial charge in [0.05, 0.1) is 18.4 Å². The van der Waals surface area contributed by atoms with E-state index in [1.807, 2.05) is 0 Å². The SMILES string of the molecule is COc1cccc(NC(=O)c2ccccc2NS(=O)(=O)c2c[nH]c3ncccc23)c1. The summed E-state index contributed by atoms with van der Waals surface area (Å²) in [6.07, 6.45) is 2.94. The molecule has 0 unspecified atom stereocenters. The predicted molar refractivity (Wildman–Crippen MR) is 114 cm³/mol. The van der Waals surface area contributed by atoms with Gasteiger partial charge >= 0.3 is 0 Å². The number of methoxy groups -OCH3 is 1. The summed E-state index contributed by atoms with van der Waals surface area (Å²) < 4.78 is 33.6. The lowest BCUT2D eigenvalue weighted by Gasteiger charge is -2.13. The molecular weight excluding hydrogens is 404 g/mol. The molecule has 8 nitrogen and oxygen atoms in total. The molecule has 0 atom stereocenters. The first-order chi connectivity index (χ1) is 14.5. The molecule has 2 heterocycles. The number of pyridine rings is 1. The van der Waals surface area contributed by atoms with E-state index in [9.17, 15) is 13.2 Å². The molecule has 1 amide bonds. The van der Waals surface area contributed by atoms with Gasteiger partial charge < -0.3 is 15.0 Å². The number of nitrogens with zero attached hydrogens (tertiary/aromatic N) is 1. The zero-order valence-corrected chi connectivity index (χ0v) is 16.7. The highest BCUT2D eigenvalue weighted by molar-refractivity contribution is 7.93. The molecule has 152 valence electrons. The lowest BCUT2D eigenvalue weighted by Crippen LogP contribution is -2.18. The Morgan fingerprint density at radius 3 is 2.73 bits per heavy atom. The Hall–Kier alpha value is -3.85. The number of H-pyrrole nitrogens is 1. The van der Waals surface area contributed by atoms with Crippen molar-refractivity contribution in [3.63, 3.8) is 0 Å². The molecule has 0 aliphatic carbocycles. The molecule has 0 radical (unpaired) electrons. The van der Waals surface area contributed by atoms with Crippen molar-refractivity contribution < 1.29 is 17.9 Å². The number of rotatable bonds is 6. The van der Waals surface area contributed by atoms with Crippen LogP contribution in [0.2, 0.25) is 0 Å². The summed E-state index contributed by atoms with van der Waals surface area (Å²) in [6, 6.07) is 16.6. The summed E-state index contributed by atoms with van der Waals surface area (Å²) in [5.41, 5.74) is 1.33. The molecule has 4 aromatic rings. The van der Waals surface area contributed by atoms with Crippen molar-refractivity contribution in [2.45, 2.75) is 4.90 Å². The van der Waals surface area contributed by atoms with E-state index >= 15 is 0 Å². The molecule has 0 saturated heterocycles. The van der Waals surface area contributed by atoms with Crippen molar-refractivity contribution in [3.05, 3.63) is 78.6 Å². The molecule has 2 aromatic heterocycles. The minimum Gasteiger partial charge on any atom is -0.497 e. The molecule has 9 heteroatoms. The molecule has 0 fully saturated rings. The van der Waals surface area contributed by atoms with Crippen LogP contribution < -0.4 is 14.8 Å². The Kier molecular flexibility index (Phi) is 5.11. The van der Waals surface area contributed by atoms with E-state index in [0.717, 1.165) is 0 Å². The highest BCUT2D eigenvalue weighted by Gasteiger charge is 2.22. The Morgan fingerprint density at radius 1 is 1.07 bits per heavy atom. The van der Waals surface area contributed by atoms with Crippen LogP contribution in [-0.2, 0) is 10.0 Å². The van der Waals surface area contributed by atoms with Crippen molar-refractivity contribution in [2.75, 3.05) is 17.1 Å². The summed E-state index contributed by atoms with van der Waals surface area (Å²) >= 11 is 0. The summed E-state index contributed by atoms with van der Waals surface area (Å²) in [5, 5.41) is 3.21. The Bertz CT molecular complexity index is 1330. The van der Waals surface area contributed by atoms with Crippen molar-refractivity contribution >= 4 is 38.3 Å². The van der Waals surface area contributed by atoms with Gasteiger partial charge in [-0.05, 0) is 36.4 Å². The maximum Gasteiger partial charge on any atom is 0.264 e. The number of benzene rings is 2. The number of anilines is 2. The Morgan fingerprint density at radius 2 is 1.90 bits per heavy atom. The van der Waals surface area contributed by atoms with Gasteiger partial charge in [0.1, 0.15) is 16.3 Å². The number of fused-ring (bicyclic) bond motifs is 1. The van der Waals surface area contributed by atoms with Crippen LogP contribution in [0, 0.1) is 0 Å². The summed E-state index contributed by atoms with van der Waals surface area (Å²) in [7, 11) is -2.42. The third kappa shape index (κ3) is 3.83. The van der Waals surface area contributed by atoms with Gasteiger partial charge in [-0.3, -0.25) is 9.52 Å². The first-order valence-electron chi connectivity index (χ1n) is 8.97. The number of hydrogen-bond acceptors (Lipinski definition) is 5. The van der Waals surface area contributed by atoms with Crippen molar-refractivity contribution in [1.82, 2.24) is 9.97 Å². The second-order valence-corrected chi connectivity index (χ2v) is 8.04. The number of para-hydroxylation sites is 1. The minimum atomic E-state index is -3.96. The molecule has 2 aromatic carbocycles. The molecule has 0 bridgehead atoms. The fourth-order valence-electron chi connectivity index (χ4n) is 3.02. The molecule has 0 spiro atoms. The maximum atomic E-state index is 13.0. The molecular formula is C21H18N4O4S. The van der Waals surface area contributed by atoms with E-state index in [4.69, 9.17) is 4.74 Å².